The molecule has 17 heavy (non-hydrogen) atoms. The van der Waals surface area contributed by atoms with Crippen molar-refractivity contribution >= 4 is 13.1 Å². The second kappa shape index (κ2) is 6.43. The lowest BCUT2D eigenvalue weighted by Crippen LogP contribution is -2.41. The molecule has 0 aromatic rings. The van der Waals surface area contributed by atoms with Crippen molar-refractivity contribution in [2.75, 3.05) is 6.61 Å². The van der Waals surface area contributed by atoms with Gasteiger partial charge in [0.15, 0.2) is 0 Å². The minimum absolute atomic E-state index is 0.311. The number of carbonyl (C=O) groups excluding carboxylic acids is 1. The van der Waals surface area contributed by atoms with Crippen molar-refractivity contribution in [2.24, 2.45) is 5.92 Å². The minimum atomic E-state index is -0.570. The molecule has 0 aliphatic heterocycles. The van der Waals surface area contributed by atoms with Gasteiger partial charge in [0.05, 0.1) is 0 Å². The van der Waals surface area contributed by atoms with E-state index in [1.165, 1.54) is 7.28 Å². The molecular formula is C13H26BO3. The van der Waals surface area contributed by atoms with E-state index in [1.54, 1.807) is 0 Å². The minimum Gasteiger partial charge on any atom is -0.468 e. The Balaban J connectivity index is 4.26. The lowest BCUT2D eigenvalue weighted by atomic mass is 9.62. The van der Waals surface area contributed by atoms with Gasteiger partial charge in [-0.25, -0.2) is 0 Å². The van der Waals surface area contributed by atoms with E-state index in [-0.39, 0.29) is 5.87 Å². The second-order valence-electron chi connectivity index (χ2n) is 5.96. The van der Waals surface area contributed by atoms with Gasteiger partial charge in [-0.05, 0) is 47.0 Å². The number of hydrogen-bond donors (Lipinski definition) is 0. The molecule has 0 fully saturated rings. The van der Waals surface area contributed by atoms with Crippen molar-refractivity contribution < 1.29 is 14.3 Å². The molecule has 0 spiro atoms. The molecule has 0 N–H and O–H groups in total. The van der Waals surface area contributed by atoms with Crippen LogP contribution in [0.15, 0.2) is 0 Å². The first-order valence-corrected chi connectivity index (χ1v) is 6.31. The molecule has 1 radical (unpaired) electrons. The maximum Gasteiger partial charge on any atom is 0.300 e. The molecule has 99 valence electrons. The molecule has 0 bridgehead atoms. The molecule has 0 aliphatic rings. The van der Waals surface area contributed by atoms with Gasteiger partial charge in [-0.3, -0.25) is 4.79 Å². The van der Waals surface area contributed by atoms with Crippen LogP contribution in [-0.2, 0) is 9.47 Å². The monoisotopic (exact) mass is 241 g/mol. The largest absolute Gasteiger partial charge is 0.468 e. The standard InChI is InChI=1S/C13H26BO3/c1-8-16-13(6,7)14-11(15)17-12(4,5)9-10(2)3/h10H,8-9H2,1-7H3. The molecule has 0 aromatic carbocycles. The van der Waals surface area contributed by atoms with Crippen molar-refractivity contribution in [3.05, 3.63) is 0 Å². The quantitative estimate of drug-likeness (QED) is 0.640. The maximum absolute atomic E-state index is 11.8. The summed E-state index contributed by atoms with van der Waals surface area (Å²) in [6.45, 7) is 14.3. The van der Waals surface area contributed by atoms with E-state index >= 15 is 0 Å². The van der Waals surface area contributed by atoms with Crippen LogP contribution in [0.4, 0.5) is 4.79 Å². The Morgan fingerprint density at radius 3 is 2.18 bits per heavy atom. The highest BCUT2D eigenvalue weighted by Gasteiger charge is 2.30. The van der Waals surface area contributed by atoms with Crippen LogP contribution in [0, 0.1) is 5.92 Å². The van der Waals surface area contributed by atoms with E-state index in [9.17, 15) is 4.79 Å². The maximum atomic E-state index is 11.8. The summed E-state index contributed by atoms with van der Waals surface area (Å²) in [6.07, 6.45) is 0.849. The highest BCUT2D eigenvalue weighted by atomic mass is 16.6. The Morgan fingerprint density at radius 2 is 1.76 bits per heavy atom. The molecule has 4 heteroatoms. The third-order valence-electron chi connectivity index (χ3n) is 2.26. The van der Waals surface area contributed by atoms with Crippen LogP contribution >= 0.6 is 0 Å². The molecule has 0 unspecified atom stereocenters. The molecule has 0 atom stereocenters. The van der Waals surface area contributed by atoms with Gasteiger partial charge in [0.2, 0.25) is 5.87 Å². The fourth-order valence-electron chi connectivity index (χ4n) is 2.02. The third kappa shape index (κ3) is 8.25. The Kier molecular flexibility index (Phi) is 6.24. The first kappa shape index (κ1) is 16.5. The van der Waals surface area contributed by atoms with E-state index in [4.69, 9.17) is 9.47 Å². The summed E-state index contributed by atoms with van der Waals surface area (Å²) in [5.74, 6) is 0.187. The van der Waals surface area contributed by atoms with Gasteiger partial charge in [-0.2, -0.15) is 0 Å². The molecular weight excluding hydrogens is 215 g/mol. The van der Waals surface area contributed by atoms with Crippen LogP contribution in [0.2, 0.25) is 0 Å². The molecule has 3 nitrogen and oxygen atoms in total. The van der Waals surface area contributed by atoms with E-state index in [1.807, 2.05) is 34.6 Å². The molecule has 0 amide bonds. The molecule has 0 aromatic heterocycles. The van der Waals surface area contributed by atoms with Crippen molar-refractivity contribution in [3.63, 3.8) is 0 Å². The van der Waals surface area contributed by atoms with Crippen molar-refractivity contribution in [3.8, 4) is 0 Å². The van der Waals surface area contributed by atoms with Crippen LogP contribution in [0.25, 0.3) is 0 Å². The van der Waals surface area contributed by atoms with Gasteiger partial charge in [-0.1, -0.05) is 13.8 Å². The Bertz CT molecular complexity index is 247. The Morgan fingerprint density at radius 1 is 1.24 bits per heavy atom. The predicted molar refractivity (Wildman–Crippen MR) is 71.5 cm³/mol. The van der Waals surface area contributed by atoms with Crippen molar-refractivity contribution in [1.82, 2.24) is 0 Å². The van der Waals surface area contributed by atoms with Gasteiger partial charge >= 0.3 is 7.28 Å². The van der Waals surface area contributed by atoms with Gasteiger partial charge in [0, 0.05) is 12.1 Å². The summed E-state index contributed by atoms with van der Waals surface area (Å²) in [5.41, 5.74) is -0.996. The smallest absolute Gasteiger partial charge is 0.300 e. The van der Waals surface area contributed by atoms with Crippen LogP contribution in [0.3, 0.4) is 0 Å². The van der Waals surface area contributed by atoms with Crippen LogP contribution < -0.4 is 0 Å². The lowest BCUT2D eigenvalue weighted by Gasteiger charge is -2.29. The van der Waals surface area contributed by atoms with Crippen LogP contribution in [0.5, 0.6) is 0 Å². The number of carbonyl (C=O) groups is 1. The lowest BCUT2D eigenvalue weighted by molar-refractivity contribution is 0.0310. The van der Waals surface area contributed by atoms with E-state index < -0.39 is 11.1 Å². The van der Waals surface area contributed by atoms with Crippen LogP contribution in [0.1, 0.15) is 54.9 Å². The van der Waals surface area contributed by atoms with Gasteiger partial charge < -0.3 is 9.47 Å². The summed E-state index contributed by atoms with van der Waals surface area (Å²) in [5, 5.41) is 0. The molecule has 0 rings (SSSR count). The van der Waals surface area contributed by atoms with Gasteiger partial charge in [0.1, 0.15) is 5.60 Å². The molecule has 0 saturated heterocycles. The highest BCUT2D eigenvalue weighted by molar-refractivity contribution is 6.74. The van der Waals surface area contributed by atoms with E-state index in [0.717, 1.165) is 6.42 Å². The third-order valence-corrected chi connectivity index (χ3v) is 2.26. The number of rotatable bonds is 7. The zero-order valence-corrected chi connectivity index (χ0v) is 12.3. The van der Waals surface area contributed by atoms with Crippen molar-refractivity contribution in [2.45, 2.75) is 66.0 Å². The summed E-state index contributed by atoms with van der Waals surface area (Å²) >= 11 is 0. The fraction of sp³-hybridized carbons (Fsp3) is 0.923. The summed E-state index contributed by atoms with van der Waals surface area (Å²) in [6, 6.07) is 0. The summed E-state index contributed by atoms with van der Waals surface area (Å²) in [4.78, 5) is 11.8. The second-order valence-corrected chi connectivity index (χ2v) is 5.96. The molecule has 0 aliphatic carbocycles. The summed E-state index contributed by atoms with van der Waals surface area (Å²) < 4.78 is 10.9. The highest BCUT2D eigenvalue weighted by Crippen LogP contribution is 2.21. The van der Waals surface area contributed by atoms with Gasteiger partial charge in [-0.15, -0.1) is 0 Å². The zero-order valence-electron chi connectivity index (χ0n) is 12.3. The average Bonchev–Trinajstić information content (AvgIpc) is 1.96. The first-order valence-electron chi connectivity index (χ1n) is 6.31. The van der Waals surface area contributed by atoms with Crippen molar-refractivity contribution in [1.29, 1.82) is 0 Å². The molecule has 0 heterocycles. The first-order chi connectivity index (χ1) is 7.58. The normalized spacial score (nSPS) is 12.7. The Hall–Kier alpha value is -0.505. The van der Waals surface area contributed by atoms with Crippen LogP contribution in [-0.4, -0.2) is 30.9 Å². The number of ether oxygens (including phenoxy) is 2. The molecule has 0 saturated carbocycles. The number of hydrogen-bond acceptors (Lipinski definition) is 3. The van der Waals surface area contributed by atoms with E-state index in [2.05, 4.69) is 13.8 Å². The Labute approximate surface area is 106 Å². The van der Waals surface area contributed by atoms with Gasteiger partial charge in [0.25, 0.3) is 0 Å². The SMILES string of the molecule is CCOC(C)(C)[B]C(=O)OC(C)(C)CC(C)C. The zero-order chi connectivity index (χ0) is 13.7. The topological polar surface area (TPSA) is 35.5 Å². The fourth-order valence-corrected chi connectivity index (χ4v) is 2.02. The summed E-state index contributed by atoms with van der Waals surface area (Å²) in [7, 11) is 1.50. The predicted octanol–water partition coefficient (Wildman–Crippen LogP) is 3.42. The van der Waals surface area contributed by atoms with E-state index in [0.29, 0.717) is 12.5 Å². The average molecular weight is 241 g/mol.